The van der Waals surface area contributed by atoms with E-state index in [4.69, 9.17) is 14.7 Å². The zero-order chi connectivity index (χ0) is 14.4. The Kier molecular flexibility index (Phi) is 5.09. The lowest BCUT2D eigenvalue weighted by Crippen LogP contribution is -2.40. The molecule has 1 N–H and O–H groups in total. The van der Waals surface area contributed by atoms with E-state index in [0.717, 1.165) is 0 Å². The Labute approximate surface area is 118 Å². The van der Waals surface area contributed by atoms with Crippen molar-refractivity contribution < 1.29 is 17.9 Å². The number of hydrogen-bond acceptors (Lipinski definition) is 5. The van der Waals surface area contributed by atoms with E-state index >= 15 is 0 Å². The van der Waals surface area contributed by atoms with Crippen LogP contribution in [0, 0.1) is 11.3 Å². The summed E-state index contributed by atoms with van der Waals surface area (Å²) in [6.45, 7) is 1.65. The molecule has 0 spiro atoms. The van der Waals surface area contributed by atoms with E-state index in [0.29, 0.717) is 30.9 Å². The van der Waals surface area contributed by atoms with Gasteiger partial charge in [-0.2, -0.15) is 5.26 Å². The Morgan fingerprint density at radius 3 is 2.65 bits per heavy atom. The molecule has 6 nitrogen and oxygen atoms in total. The van der Waals surface area contributed by atoms with Gasteiger partial charge >= 0.3 is 0 Å². The number of ether oxygens (including phenoxy) is 2. The van der Waals surface area contributed by atoms with Crippen LogP contribution in [0.15, 0.2) is 24.3 Å². The average molecular weight is 296 g/mol. The predicted molar refractivity (Wildman–Crippen MR) is 72.3 cm³/mol. The zero-order valence-electron chi connectivity index (χ0n) is 10.9. The van der Waals surface area contributed by atoms with Crippen LogP contribution in [0.2, 0.25) is 0 Å². The van der Waals surface area contributed by atoms with E-state index in [1.165, 1.54) is 0 Å². The summed E-state index contributed by atoms with van der Waals surface area (Å²) >= 11 is 0. The Morgan fingerprint density at radius 2 is 2.05 bits per heavy atom. The monoisotopic (exact) mass is 296 g/mol. The molecule has 20 heavy (non-hydrogen) atoms. The molecule has 7 heteroatoms. The summed E-state index contributed by atoms with van der Waals surface area (Å²) in [6.07, 6.45) is -0.237. The molecule has 0 saturated carbocycles. The summed E-state index contributed by atoms with van der Waals surface area (Å²) in [5.74, 6) is -0.119. The standard InChI is InChI=1S/C13H16N2O4S/c14-7-11-1-3-12(4-2-11)10-20(16,17)15-8-13-9-18-5-6-19-13/h1-4,13,15H,5-6,8-10H2. The van der Waals surface area contributed by atoms with Gasteiger partial charge in [0.1, 0.15) is 0 Å². The number of rotatable bonds is 5. The van der Waals surface area contributed by atoms with Gasteiger partial charge < -0.3 is 9.47 Å². The van der Waals surface area contributed by atoms with Crippen molar-refractivity contribution in [2.24, 2.45) is 0 Å². The van der Waals surface area contributed by atoms with Crippen molar-refractivity contribution in [2.75, 3.05) is 26.4 Å². The molecule has 1 aliphatic rings. The lowest BCUT2D eigenvalue weighted by atomic mass is 10.2. The lowest BCUT2D eigenvalue weighted by molar-refractivity contribution is -0.0847. The van der Waals surface area contributed by atoms with E-state index in [1.54, 1.807) is 24.3 Å². The Balaban J connectivity index is 1.87. The topological polar surface area (TPSA) is 88.4 Å². The molecule has 1 saturated heterocycles. The van der Waals surface area contributed by atoms with Gasteiger partial charge in [-0.05, 0) is 17.7 Å². The maximum absolute atomic E-state index is 11.9. The summed E-state index contributed by atoms with van der Waals surface area (Å²) in [4.78, 5) is 0. The highest BCUT2D eigenvalue weighted by molar-refractivity contribution is 7.88. The van der Waals surface area contributed by atoms with E-state index in [2.05, 4.69) is 4.72 Å². The number of hydrogen-bond donors (Lipinski definition) is 1. The molecular formula is C13H16N2O4S. The molecule has 0 amide bonds. The van der Waals surface area contributed by atoms with Gasteiger partial charge in [0.05, 0.1) is 43.3 Å². The minimum atomic E-state index is -3.42. The van der Waals surface area contributed by atoms with Crippen LogP contribution in [0.4, 0.5) is 0 Å². The zero-order valence-corrected chi connectivity index (χ0v) is 11.7. The van der Waals surface area contributed by atoms with Crippen molar-refractivity contribution in [3.05, 3.63) is 35.4 Å². The van der Waals surface area contributed by atoms with Crippen LogP contribution in [0.1, 0.15) is 11.1 Å². The first-order valence-corrected chi connectivity index (χ1v) is 7.90. The smallest absolute Gasteiger partial charge is 0.215 e. The largest absolute Gasteiger partial charge is 0.376 e. The molecule has 2 rings (SSSR count). The fraction of sp³-hybridized carbons (Fsp3) is 0.462. The van der Waals surface area contributed by atoms with Crippen LogP contribution in [0.5, 0.6) is 0 Å². The minimum Gasteiger partial charge on any atom is -0.376 e. The van der Waals surface area contributed by atoms with Crippen LogP contribution in [-0.2, 0) is 25.2 Å². The Bertz CT molecular complexity index is 571. The lowest BCUT2D eigenvalue weighted by Gasteiger charge is -2.23. The maximum Gasteiger partial charge on any atom is 0.215 e. The molecule has 1 fully saturated rings. The minimum absolute atomic E-state index is 0.119. The second kappa shape index (κ2) is 6.81. The SMILES string of the molecule is N#Cc1ccc(CS(=O)(=O)NCC2COCCO2)cc1. The molecule has 1 aromatic carbocycles. The Hall–Kier alpha value is -1.46. The van der Waals surface area contributed by atoms with Crippen LogP contribution >= 0.6 is 0 Å². The summed E-state index contributed by atoms with van der Waals surface area (Å²) in [7, 11) is -3.42. The maximum atomic E-state index is 11.9. The van der Waals surface area contributed by atoms with E-state index < -0.39 is 10.0 Å². The fourth-order valence-electron chi connectivity index (χ4n) is 1.82. The molecule has 1 atom stereocenters. The predicted octanol–water partition coefficient (Wildman–Crippen LogP) is 0.393. The van der Waals surface area contributed by atoms with Gasteiger partial charge in [0, 0.05) is 6.54 Å². The fourth-order valence-corrected chi connectivity index (χ4v) is 2.99. The van der Waals surface area contributed by atoms with E-state index in [1.807, 2.05) is 6.07 Å². The third kappa shape index (κ3) is 4.58. The van der Waals surface area contributed by atoms with Crippen molar-refractivity contribution in [1.29, 1.82) is 5.26 Å². The summed E-state index contributed by atoms with van der Waals surface area (Å²) < 4.78 is 36.9. The second-order valence-corrected chi connectivity index (χ2v) is 6.29. The van der Waals surface area contributed by atoms with Gasteiger partial charge in [0.25, 0.3) is 0 Å². The second-order valence-electron chi connectivity index (χ2n) is 4.48. The molecule has 1 unspecified atom stereocenters. The molecular weight excluding hydrogens is 280 g/mol. The number of nitrogens with one attached hydrogen (secondary N) is 1. The van der Waals surface area contributed by atoms with Crippen molar-refractivity contribution >= 4 is 10.0 Å². The first-order chi connectivity index (χ1) is 9.59. The summed E-state index contributed by atoms with van der Waals surface area (Å²) in [5.41, 5.74) is 1.14. The van der Waals surface area contributed by atoms with Gasteiger partial charge in [-0.1, -0.05) is 12.1 Å². The highest BCUT2D eigenvalue weighted by atomic mass is 32.2. The van der Waals surface area contributed by atoms with Gasteiger partial charge in [-0.15, -0.1) is 0 Å². The normalized spacial score (nSPS) is 19.4. The van der Waals surface area contributed by atoms with Crippen molar-refractivity contribution in [3.8, 4) is 6.07 Å². The highest BCUT2D eigenvalue weighted by Gasteiger charge is 2.18. The molecule has 1 aromatic rings. The number of nitrogens with zero attached hydrogens (tertiary/aromatic N) is 1. The van der Waals surface area contributed by atoms with Crippen LogP contribution in [-0.4, -0.2) is 40.9 Å². The molecule has 0 aliphatic carbocycles. The summed E-state index contributed by atoms with van der Waals surface area (Å²) in [5, 5.41) is 8.68. The molecule has 0 aromatic heterocycles. The van der Waals surface area contributed by atoms with E-state index in [-0.39, 0.29) is 18.4 Å². The van der Waals surface area contributed by atoms with Gasteiger partial charge in [-0.3, -0.25) is 0 Å². The molecule has 0 bridgehead atoms. The van der Waals surface area contributed by atoms with Crippen LogP contribution < -0.4 is 4.72 Å². The molecule has 108 valence electrons. The number of benzene rings is 1. The summed E-state index contributed by atoms with van der Waals surface area (Å²) in [6, 6.07) is 8.46. The first-order valence-electron chi connectivity index (χ1n) is 6.25. The van der Waals surface area contributed by atoms with Crippen molar-refractivity contribution in [2.45, 2.75) is 11.9 Å². The van der Waals surface area contributed by atoms with Gasteiger partial charge in [0.15, 0.2) is 0 Å². The molecule has 1 heterocycles. The average Bonchev–Trinajstić information content (AvgIpc) is 2.47. The van der Waals surface area contributed by atoms with Crippen LogP contribution in [0.3, 0.4) is 0 Å². The number of sulfonamides is 1. The van der Waals surface area contributed by atoms with Crippen molar-refractivity contribution in [1.82, 2.24) is 4.72 Å². The highest BCUT2D eigenvalue weighted by Crippen LogP contribution is 2.08. The molecule has 0 radical (unpaired) electrons. The molecule has 1 aliphatic heterocycles. The third-order valence-electron chi connectivity index (χ3n) is 2.86. The quantitative estimate of drug-likeness (QED) is 0.849. The van der Waals surface area contributed by atoms with Gasteiger partial charge in [-0.25, -0.2) is 13.1 Å². The Morgan fingerprint density at radius 1 is 1.30 bits per heavy atom. The van der Waals surface area contributed by atoms with Gasteiger partial charge in [0.2, 0.25) is 10.0 Å². The van der Waals surface area contributed by atoms with Crippen molar-refractivity contribution in [3.63, 3.8) is 0 Å². The van der Waals surface area contributed by atoms with E-state index in [9.17, 15) is 8.42 Å². The first kappa shape index (κ1) is 14.9. The third-order valence-corrected chi connectivity index (χ3v) is 4.18. The van der Waals surface area contributed by atoms with Crippen LogP contribution in [0.25, 0.3) is 0 Å². The number of nitriles is 1.